The van der Waals surface area contributed by atoms with Gasteiger partial charge in [-0.05, 0) is 91.7 Å². The molecule has 7 nitrogen and oxygen atoms in total. The van der Waals surface area contributed by atoms with E-state index in [0.29, 0.717) is 17.2 Å². The minimum Gasteiger partial charge on any atom is -0.489 e. The Morgan fingerprint density at radius 3 is 2.30 bits per heavy atom. The number of anilines is 1. The molecule has 2 heterocycles. The molecule has 1 saturated heterocycles. The van der Waals surface area contributed by atoms with Gasteiger partial charge in [-0.25, -0.2) is 9.69 Å². The molecule has 0 atom stereocenters. The normalized spacial score (nSPS) is 14.6. The van der Waals surface area contributed by atoms with Crippen molar-refractivity contribution in [3.8, 4) is 11.4 Å². The summed E-state index contributed by atoms with van der Waals surface area (Å²) in [5.74, 6) is -0.838. The van der Waals surface area contributed by atoms with Crippen LogP contribution in [0.2, 0.25) is 10.0 Å². The molecular formula is C30H22BrCl2N3O4. The second kappa shape index (κ2) is 11.3. The number of hydrogen-bond acceptors (Lipinski definition) is 4. The van der Waals surface area contributed by atoms with Gasteiger partial charge in [0.25, 0.3) is 11.8 Å². The molecule has 40 heavy (non-hydrogen) atoms. The van der Waals surface area contributed by atoms with E-state index < -0.39 is 17.8 Å². The number of carbonyl (C=O) groups is 3. The largest absolute Gasteiger partial charge is 0.489 e. The average molecular weight is 639 g/mol. The molecule has 1 aliphatic heterocycles. The van der Waals surface area contributed by atoms with Gasteiger partial charge >= 0.3 is 6.03 Å². The Kier molecular flexibility index (Phi) is 7.85. The summed E-state index contributed by atoms with van der Waals surface area (Å²) in [6, 6.07) is 21.0. The molecule has 0 saturated carbocycles. The highest BCUT2D eigenvalue weighted by atomic mass is 79.9. The number of imide groups is 2. The third-order valence-corrected chi connectivity index (χ3v) is 7.50. The number of nitrogens with zero attached hydrogens (tertiary/aromatic N) is 2. The number of amides is 4. The zero-order valence-corrected chi connectivity index (χ0v) is 24.5. The minimum absolute atomic E-state index is 0.104. The number of rotatable bonds is 6. The molecule has 4 amide bonds. The molecule has 1 N–H and O–H groups in total. The molecule has 1 aliphatic rings. The monoisotopic (exact) mass is 637 g/mol. The summed E-state index contributed by atoms with van der Waals surface area (Å²) in [6.07, 6.45) is 1.48. The first-order chi connectivity index (χ1) is 19.1. The molecule has 0 aliphatic carbocycles. The Hall–Kier alpha value is -3.85. The van der Waals surface area contributed by atoms with E-state index in [1.165, 1.54) is 24.3 Å². The van der Waals surface area contributed by atoms with Gasteiger partial charge < -0.3 is 9.30 Å². The van der Waals surface area contributed by atoms with Gasteiger partial charge in [0.2, 0.25) is 0 Å². The maximum atomic E-state index is 13.3. The molecule has 0 spiro atoms. The molecule has 4 aromatic rings. The summed E-state index contributed by atoms with van der Waals surface area (Å²) in [7, 11) is 0. The summed E-state index contributed by atoms with van der Waals surface area (Å²) in [5.41, 5.74) is 4.24. The number of hydrogen-bond donors (Lipinski definition) is 1. The number of ether oxygens (including phenoxy) is 1. The third-order valence-electron chi connectivity index (χ3n) is 6.44. The van der Waals surface area contributed by atoms with Crippen LogP contribution in [0.25, 0.3) is 11.8 Å². The highest BCUT2D eigenvalue weighted by Gasteiger charge is 2.38. The van der Waals surface area contributed by atoms with E-state index in [2.05, 4.69) is 21.2 Å². The lowest BCUT2D eigenvalue weighted by Crippen LogP contribution is -2.54. The number of aryl methyl sites for hydroxylation is 1. The summed E-state index contributed by atoms with van der Waals surface area (Å²) in [6.45, 7) is 4.27. The van der Waals surface area contributed by atoms with Crippen LogP contribution in [0.5, 0.6) is 5.75 Å². The van der Waals surface area contributed by atoms with E-state index in [0.717, 1.165) is 37.8 Å². The smallest absolute Gasteiger partial charge is 0.335 e. The van der Waals surface area contributed by atoms with Crippen LogP contribution in [-0.2, 0) is 16.2 Å². The molecular weight excluding hydrogens is 617 g/mol. The first-order valence-electron chi connectivity index (χ1n) is 12.2. The summed E-state index contributed by atoms with van der Waals surface area (Å²) in [5, 5.41) is 2.67. The Bertz CT molecular complexity index is 1680. The van der Waals surface area contributed by atoms with Gasteiger partial charge in [-0.15, -0.1) is 0 Å². The summed E-state index contributed by atoms with van der Waals surface area (Å²) < 4.78 is 8.94. The van der Waals surface area contributed by atoms with Crippen molar-refractivity contribution in [2.24, 2.45) is 0 Å². The van der Waals surface area contributed by atoms with E-state index in [4.69, 9.17) is 27.9 Å². The third kappa shape index (κ3) is 5.56. The number of carbonyl (C=O) groups excluding carboxylic acids is 3. The van der Waals surface area contributed by atoms with Crippen molar-refractivity contribution < 1.29 is 19.1 Å². The van der Waals surface area contributed by atoms with Crippen molar-refractivity contribution >= 4 is 68.7 Å². The topological polar surface area (TPSA) is 80.6 Å². The Balaban J connectivity index is 1.40. The molecule has 202 valence electrons. The van der Waals surface area contributed by atoms with Crippen LogP contribution in [0.4, 0.5) is 10.5 Å². The molecule has 0 unspecified atom stereocenters. The van der Waals surface area contributed by atoms with Crippen molar-refractivity contribution in [2.45, 2.75) is 20.5 Å². The van der Waals surface area contributed by atoms with E-state index in [1.54, 1.807) is 0 Å². The Morgan fingerprint density at radius 1 is 0.925 bits per heavy atom. The van der Waals surface area contributed by atoms with Gasteiger partial charge in [0.05, 0.1) is 10.7 Å². The Labute approximate surface area is 249 Å². The fraction of sp³-hybridized carbons (Fsp3) is 0.100. The van der Waals surface area contributed by atoms with Crippen LogP contribution in [0, 0.1) is 13.8 Å². The average Bonchev–Trinajstić information content (AvgIpc) is 3.20. The van der Waals surface area contributed by atoms with Crippen molar-refractivity contribution in [1.82, 2.24) is 9.88 Å². The molecule has 3 aromatic carbocycles. The summed E-state index contributed by atoms with van der Waals surface area (Å²) >= 11 is 15.6. The minimum atomic E-state index is -0.885. The maximum Gasteiger partial charge on any atom is 0.335 e. The van der Waals surface area contributed by atoms with Crippen LogP contribution in [0.3, 0.4) is 0 Å². The summed E-state index contributed by atoms with van der Waals surface area (Å²) in [4.78, 5) is 39.4. The lowest BCUT2D eigenvalue weighted by Gasteiger charge is -2.27. The molecule has 0 radical (unpaired) electrons. The molecule has 1 aromatic heterocycles. The number of nitrogens with one attached hydrogen (secondary N) is 1. The van der Waals surface area contributed by atoms with Gasteiger partial charge in [-0.2, -0.15) is 0 Å². The number of aromatic nitrogens is 1. The fourth-order valence-electron chi connectivity index (χ4n) is 4.46. The standard InChI is InChI=1S/C30H22BrCl2N3O4/c1-17-13-20(14-25-28(37)34-30(39)36(29(25)38)27-12-7-22(32)15-26(27)33)18(2)35(17)23-8-10-24(11-9-23)40-16-19-3-5-21(31)6-4-19/h3-15H,16H2,1-2H3,(H,34,37,39)/b25-14+. The number of benzene rings is 3. The van der Waals surface area contributed by atoms with Crippen LogP contribution in [-0.4, -0.2) is 22.4 Å². The van der Waals surface area contributed by atoms with Gasteiger partial charge in [-0.1, -0.05) is 51.3 Å². The van der Waals surface area contributed by atoms with Crippen LogP contribution in [0.1, 0.15) is 22.5 Å². The van der Waals surface area contributed by atoms with Crippen LogP contribution < -0.4 is 15.0 Å². The maximum absolute atomic E-state index is 13.3. The molecule has 1 fully saturated rings. The van der Waals surface area contributed by atoms with Crippen LogP contribution in [0.15, 0.2) is 82.8 Å². The van der Waals surface area contributed by atoms with E-state index >= 15 is 0 Å². The first kappa shape index (κ1) is 27.7. The molecule has 5 rings (SSSR count). The zero-order chi connectivity index (χ0) is 28.6. The van der Waals surface area contributed by atoms with Gasteiger partial charge in [0.15, 0.2) is 0 Å². The predicted molar refractivity (Wildman–Crippen MR) is 159 cm³/mol. The van der Waals surface area contributed by atoms with Gasteiger partial charge in [-0.3, -0.25) is 14.9 Å². The number of urea groups is 1. The number of barbiturate groups is 1. The Morgan fingerprint density at radius 2 is 1.62 bits per heavy atom. The van der Waals surface area contributed by atoms with Crippen molar-refractivity contribution in [3.63, 3.8) is 0 Å². The van der Waals surface area contributed by atoms with E-state index in [9.17, 15) is 14.4 Å². The quantitative estimate of drug-likeness (QED) is 0.176. The second-order valence-electron chi connectivity index (χ2n) is 9.12. The van der Waals surface area contributed by atoms with Crippen LogP contribution >= 0.6 is 39.1 Å². The van der Waals surface area contributed by atoms with E-state index in [1.807, 2.05) is 73.0 Å². The highest BCUT2D eigenvalue weighted by Crippen LogP contribution is 2.32. The lowest BCUT2D eigenvalue weighted by molar-refractivity contribution is -0.122. The molecule has 10 heteroatoms. The van der Waals surface area contributed by atoms with Crippen molar-refractivity contribution in [2.75, 3.05) is 4.90 Å². The van der Waals surface area contributed by atoms with Crippen molar-refractivity contribution in [3.05, 3.63) is 115 Å². The molecule has 0 bridgehead atoms. The van der Waals surface area contributed by atoms with E-state index in [-0.39, 0.29) is 16.3 Å². The number of halogens is 3. The van der Waals surface area contributed by atoms with Gasteiger partial charge in [0, 0.05) is 26.6 Å². The fourth-order valence-corrected chi connectivity index (χ4v) is 5.22. The zero-order valence-electron chi connectivity index (χ0n) is 21.4. The highest BCUT2D eigenvalue weighted by molar-refractivity contribution is 9.10. The SMILES string of the molecule is Cc1cc(/C=C2\C(=O)NC(=O)N(c3ccc(Cl)cc3Cl)C2=O)c(C)n1-c1ccc(OCc2ccc(Br)cc2)cc1. The lowest BCUT2D eigenvalue weighted by atomic mass is 10.1. The second-order valence-corrected chi connectivity index (χ2v) is 10.9. The van der Waals surface area contributed by atoms with Gasteiger partial charge in [0.1, 0.15) is 17.9 Å². The predicted octanol–water partition coefficient (Wildman–Crippen LogP) is 7.41. The van der Waals surface area contributed by atoms with Crippen molar-refractivity contribution in [1.29, 1.82) is 0 Å². The first-order valence-corrected chi connectivity index (χ1v) is 13.7.